The van der Waals surface area contributed by atoms with Crippen LogP contribution >= 0.6 is 7.82 Å². The van der Waals surface area contributed by atoms with Crippen molar-refractivity contribution in [1.29, 1.82) is 0 Å². The zero-order valence-corrected chi connectivity index (χ0v) is 12.0. The van der Waals surface area contributed by atoms with Gasteiger partial charge in [0.15, 0.2) is 0 Å². The van der Waals surface area contributed by atoms with E-state index in [0.717, 1.165) is 0 Å². The Morgan fingerprint density at radius 1 is 1.05 bits per heavy atom. The molecular formula is C14H12O6P-. The third-order valence-corrected chi connectivity index (χ3v) is 3.31. The van der Waals surface area contributed by atoms with Crippen LogP contribution in [0.5, 0.6) is 11.5 Å². The van der Waals surface area contributed by atoms with Crippen molar-refractivity contribution in [2.24, 2.45) is 0 Å². The van der Waals surface area contributed by atoms with Crippen LogP contribution in [0, 0.1) is 0 Å². The van der Waals surface area contributed by atoms with Gasteiger partial charge in [0, 0.05) is 0 Å². The van der Waals surface area contributed by atoms with Crippen molar-refractivity contribution < 1.29 is 28.0 Å². The third-order valence-electron chi connectivity index (χ3n) is 2.48. The minimum Gasteiger partial charge on any atom is -0.736 e. The highest BCUT2D eigenvalue weighted by Gasteiger charge is 2.21. The smallest absolute Gasteiger partial charge is 0.374 e. The Balaban J connectivity index is 2.13. The number of carbonyl (C=O) groups excluding carboxylic acids is 1. The summed E-state index contributed by atoms with van der Waals surface area (Å²) in [5.41, 5.74) is -0.00673. The van der Waals surface area contributed by atoms with E-state index in [1.165, 1.54) is 31.4 Å². The maximum absolute atomic E-state index is 11.9. The molecule has 2 aromatic carbocycles. The summed E-state index contributed by atoms with van der Waals surface area (Å²) in [5, 5.41) is 0. The first kappa shape index (κ1) is 15.1. The van der Waals surface area contributed by atoms with Crippen molar-refractivity contribution in [3.05, 3.63) is 60.2 Å². The minimum atomic E-state index is -4.82. The Hall–Kier alpha value is -2.30. The molecule has 1 unspecified atom stereocenters. The average Bonchev–Trinajstić information content (AvgIpc) is 2.47. The molecule has 0 saturated carbocycles. The fraction of sp³-hybridized carbons (Fsp3) is 0.0714. The van der Waals surface area contributed by atoms with Gasteiger partial charge in [0.2, 0.25) is 0 Å². The number of hydrogen-bond acceptors (Lipinski definition) is 6. The molecule has 2 rings (SSSR count). The lowest BCUT2D eigenvalue weighted by Gasteiger charge is -2.22. The standard InChI is InChI=1S/C14H13O6P/c1-18-13-10-6-5-9-12(13)14(15)20-21(16,17)19-11-7-3-2-4-8-11/h2-10H,1H3,(H,16,17)/p-1. The molecule has 0 aliphatic rings. The number of para-hydroxylation sites is 2. The molecule has 0 heterocycles. The number of carbonyl (C=O) groups is 1. The topological polar surface area (TPSA) is 84.9 Å². The molecule has 0 fully saturated rings. The van der Waals surface area contributed by atoms with Crippen molar-refractivity contribution >= 4 is 13.8 Å². The zero-order valence-electron chi connectivity index (χ0n) is 11.1. The summed E-state index contributed by atoms with van der Waals surface area (Å²) in [6.07, 6.45) is 0. The van der Waals surface area contributed by atoms with Crippen LogP contribution in [0.15, 0.2) is 54.6 Å². The van der Waals surface area contributed by atoms with E-state index in [0.29, 0.717) is 0 Å². The molecular weight excluding hydrogens is 295 g/mol. The summed E-state index contributed by atoms with van der Waals surface area (Å²) in [6.45, 7) is 0. The highest BCUT2D eigenvalue weighted by atomic mass is 31.2. The number of benzene rings is 2. The molecule has 0 aromatic heterocycles. The van der Waals surface area contributed by atoms with Gasteiger partial charge in [0.1, 0.15) is 17.1 Å². The molecule has 0 radical (unpaired) electrons. The average molecular weight is 307 g/mol. The van der Waals surface area contributed by atoms with E-state index in [4.69, 9.17) is 4.74 Å². The zero-order chi connectivity index (χ0) is 15.3. The Labute approximate surface area is 121 Å². The molecule has 21 heavy (non-hydrogen) atoms. The predicted octanol–water partition coefficient (Wildman–Crippen LogP) is 2.40. The van der Waals surface area contributed by atoms with Crippen LogP contribution in [0.3, 0.4) is 0 Å². The van der Waals surface area contributed by atoms with E-state index in [-0.39, 0.29) is 17.1 Å². The second kappa shape index (κ2) is 6.43. The van der Waals surface area contributed by atoms with Gasteiger partial charge in [-0.1, -0.05) is 30.3 Å². The first-order chi connectivity index (χ1) is 10.0. The van der Waals surface area contributed by atoms with Crippen molar-refractivity contribution in [2.75, 3.05) is 7.11 Å². The second-order valence-corrected chi connectivity index (χ2v) is 5.19. The molecule has 0 bridgehead atoms. The molecule has 0 amide bonds. The summed E-state index contributed by atoms with van der Waals surface area (Å²) in [5.74, 6) is -0.799. The Morgan fingerprint density at radius 2 is 1.67 bits per heavy atom. The van der Waals surface area contributed by atoms with Gasteiger partial charge in [-0.05, 0) is 24.3 Å². The number of methoxy groups -OCH3 is 1. The number of ether oxygens (including phenoxy) is 1. The van der Waals surface area contributed by atoms with Crippen LogP contribution in [-0.4, -0.2) is 13.1 Å². The molecule has 7 heteroatoms. The summed E-state index contributed by atoms with van der Waals surface area (Å²) in [4.78, 5) is 23.6. The molecule has 2 aromatic rings. The van der Waals surface area contributed by atoms with Gasteiger partial charge in [-0.25, -0.2) is 9.36 Å². The maximum Gasteiger partial charge on any atom is 0.374 e. The summed E-state index contributed by atoms with van der Waals surface area (Å²) >= 11 is 0. The molecule has 0 aliphatic heterocycles. The molecule has 6 nitrogen and oxygen atoms in total. The Bertz CT molecular complexity index is 670. The van der Waals surface area contributed by atoms with Gasteiger partial charge in [0.05, 0.1) is 7.11 Å². The van der Waals surface area contributed by atoms with E-state index in [1.807, 2.05) is 0 Å². The molecule has 0 N–H and O–H groups in total. The quantitative estimate of drug-likeness (QED) is 0.789. The van der Waals surface area contributed by atoms with E-state index in [9.17, 15) is 14.3 Å². The fourth-order valence-electron chi connectivity index (χ4n) is 1.59. The monoisotopic (exact) mass is 307 g/mol. The second-order valence-electron chi connectivity index (χ2n) is 3.93. The van der Waals surface area contributed by atoms with Crippen LogP contribution in [0.1, 0.15) is 10.4 Å². The first-order valence-corrected chi connectivity index (χ1v) is 7.40. The van der Waals surface area contributed by atoms with Crippen molar-refractivity contribution in [3.63, 3.8) is 0 Å². The van der Waals surface area contributed by atoms with Crippen LogP contribution in [-0.2, 0) is 9.09 Å². The lowest BCUT2D eigenvalue weighted by atomic mass is 10.2. The van der Waals surface area contributed by atoms with Gasteiger partial charge in [-0.2, -0.15) is 0 Å². The van der Waals surface area contributed by atoms with Gasteiger partial charge in [0.25, 0.3) is 0 Å². The van der Waals surface area contributed by atoms with Gasteiger partial charge in [-0.15, -0.1) is 0 Å². The number of hydrogen-bond donors (Lipinski definition) is 0. The van der Waals surface area contributed by atoms with Crippen molar-refractivity contribution in [3.8, 4) is 11.5 Å². The lowest BCUT2D eigenvalue weighted by molar-refractivity contribution is -0.211. The largest absolute Gasteiger partial charge is 0.736 e. The molecule has 0 aliphatic carbocycles. The van der Waals surface area contributed by atoms with Crippen molar-refractivity contribution in [1.82, 2.24) is 0 Å². The normalized spacial score (nSPS) is 13.0. The molecule has 1 atom stereocenters. The predicted molar refractivity (Wildman–Crippen MR) is 73.1 cm³/mol. The maximum atomic E-state index is 11.9. The van der Waals surface area contributed by atoms with Gasteiger partial charge >= 0.3 is 13.8 Å². The molecule has 0 spiro atoms. The highest BCUT2D eigenvalue weighted by molar-refractivity contribution is 7.47. The fourth-order valence-corrected chi connectivity index (χ4v) is 2.31. The Kier molecular flexibility index (Phi) is 4.62. The minimum absolute atomic E-state index is 0.00673. The van der Waals surface area contributed by atoms with Crippen LogP contribution in [0.2, 0.25) is 0 Å². The lowest BCUT2D eigenvalue weighted by Crippen LogP contribution is -2.15. The summed E-state index contributed by atoms with van der Waals surface area (Å²) in [7, 11) is -3.46. The first-order valence-electron chi connectivity index (χ1n) is 5.94. The summed E-state index contributed by atoms with van der Waals surface area (Å²) < 4.78 is 25.8. The van der Waals surface area contributed by atoms with Crippen molar-refractivity contribution in [2.45, 2.75) is 0 Å². The van der Waals surface area contributed by atoms with E-state index in [1.54, 1.807) is 30.3 Å². The number of rotatable bonds is 5. The molecule has 110 valence electrons. The van der Waals surface area contributed by atoms with Gasteiger partial charge < -0.3 is 18.7 Å². The van der Waals surface area contributed by atoms with Crippen LogP contribution in [0.25, 0.3) is 0 Å². The highest BCUT2D eigenvalue weighted by Crippen LogP contribution is 2.40. The van der Waals surface area contributed by atoms with Gasteiger partial charge in [-0.3, -0.25) is 0 Å². The SMILES string of the molecule is COc1ccccc1C(=O)OP(=O)([O-])Oc1ccccc1. The van der Waals surface area contributed by atoms with E-state index < -0.39 is 13.8 Å². The van der Waals surface area contributed by atoms with Crippen LogP contribution in [0.4, 0.5) is 0 Å². The van der Waals surface area contributed by atoms with E-state index in [2.05, 4.69) is 9.05 Å². The Morgan fingerprint density at radius 3 is 2.33 bits per heavy atom. The number of phosphoric acid groups is 1. The molecule has 0 saturated heterocycles. The number of phosphoric ester groups is 1. The third kappa shape index (κ3) is 4.08. The van der Waals surface area contributed by atoms with Crippen LogP contribution < -0.4 is 14.2 Å². The summed E-state index contributed by atoms with van der Waals surface area (Å²) in [6, 6.07) is 13.9. The van der Waals surface area contributed by atoms with E-state index >= 15 is 0 Å².